The number of aliphatic hydroxyl groups is 1. The van der Waals surface area contributed by atoms with Gasteiger partial charge < -0.3 is 24.5 Å². The molecule has 9 nitrogen and oxygen atoms in total. The van der Waals surface area contributed by atoms with Crippen LogP contribution in [-0.2, 0) is 44.4 Å². The molecule has 0 aliphatic carbocycles. The molecular formula is C28H28ClF2N3O6. The van der Waals surface area contributed by atoms with Gasteiger partial charge in [0.15, 0.2) is 11.4 Å². The highest BCUT2D eigenvalue weighted by Crippen LogP contribution is 2.41. The molecule has 2 aliphatic rings. The number of hydrogen-bond donors (Lipinski definition) is 2. The number of amides is 1. The van der Waals surface area contributed by atoms with Crippen molar-refractivity contribution in [2.75, 3.05) is 0 Å². The van der Waals surface area contributed by atoms with Gasteiger partial charge in [-0.3, -0.25) is 9.59 Å². The van der Waals surface area contributed by atoms with Gasteiger partial charge in [0.25, 0.3) is 5.56 Å². The number of nitrogens with zero attached hydrogens (tertiary/aromatic N) is 2. The maximum Gasteiger partial charge on any atom is 0.343 e. The number of nitrogens with one attached hydrogen (secondary N) is 1. The van der Waals surface area contributed by atoms with E-state index < -0.39 is 51.4 Å². The minimum atomic E-state index is -2.03. The van der Waals surface area contributed by atoms with Crippen LogP contribution in [-0.4, -0.2) is 38.2 Å². The molecule has 4 heterocycles. The number of halogens is 3. The zero-order valence-electron chi connectivity index (χ0n) is 22.6. The Morgan fingerprint density at radius 2 is 2.00 bits per heavy atom. The molecule has 0 saturated heterocycles. The van der Waals surface area contributed by atoms with Gasteiger partial charge in [-0.05, 0) is 45.7 Å². The van der Waals surface area contributed by atoms with Crippen LogP contribution in [0.1, 0.15) is 63.3 Å². The molecule has 0 unspecified atom stereocenters. The monoisotopic (exact) mass is 575 g/mol. The molecule has 12 heteroatoms. The van der Waals surface area contributed by atoms with Crippen molar-refractivity contribution in [3.05, 3.63) is 61.4 Å². The number of carbonyl (C=O) groups excluding carboxylic acids is 2. The lowest BCUT2D eigenvalue weighted by Gasteiger charge is -2.31. The smallest absolute Gasteiger partial charge is 0.343 e. The molecule has 1 aromatic carbocycles. The second-order valence-corrected chi connectivity index (χ2v) is 11.4. The standard InChI is InChI=1S/C28H28ClF2N3O6/c1-6-28(38)16-7-19-23-14(10-34(19)25(36)15(16)11-39-26(28)37)13(9-32-24(35)12(2)40-27(3,4)5)20-18(33-23)8-17(30)21(29)22(20)31/h7-8,12,38H,6,9-11H2,1-5H3,(H,32,35)/t12-,28-/m0/s1. The minimum Gasteiger partial charge on any atom is -0.458 e. The molecule has 2 atom stereocenters. The van der Waals surface area contributed by atoms with E-state index in [0.717, 1.165) is 6.07 Å². The molecule has 0 bridgehead atoms. The van der Waals surface area contributed by atoms with E-state index in [1.54, 1.807) is 34.6 Å². The summed E-state index contributed by atoms with van der Waals surface area (Å²) in [7, 11) is 0. The van der Waals surface area contributed by atoms with Crippen LogP contribution in [0.3, 0.4) is 0 Å². The molecule has 2 aliphatic heterocycles. The second-order valence-electron chi connectivity index (χ2n) is 11.0. The van der Waals surface area contributed by atoms with Crippen LogP contribution in [0, 0.1) is 11.6 Å². The Morgan fingerprint density at radius 3 is 2.65 bits per heavy atom. The Morgan fingerprint density at radius 1 is 1.30 bits per heavy atom. The van der Waals surface area contributed by atoms with Gasteiger partial charge in [0.1, 0.15) is 23.6 Å². The summed E-state index contributed by atoms with van der Waals surface area (Å²) in [6.45, 7) is 8.02. The lowest BCUT2D eigenvalue weighted by Crippen LogP contribution is -2.44. The number of aromatic nitrogens is 2. The number of pyridine rings is 2. The predicted molar refractivity (Wildman–Crippen MR) is 142 cm³/mol. The van der Waals surface area contributed by atoms with E-state index in [9.17, 15) is 23.9 Å². The highest BCUT2D eigenvalue weighted by Gasteiger charge is 2.45. The fraction of sp³-hybridized carbons (Fsp3) is 0.429. The van der Waals surface area contributed by atoms with Gasteiger partial charge in [-0.25, -0.2) is 18.6 Å². The van der Waals surface area contributed by atoms with Gasteiger partial charge in [-0.1, -0.05) is 18.5 Å². The SMILES string of the molecule is CC[C@@]1(O)C(=O)OCc2c1cc1n(c2=O)Cc2c-1nc1cc(F)c(Cl)c(F)c1c2CNC(=O)[C@H](C)OC(C)(C)C. The fourth-order valence-corrected chi connectivity index (χ4v) is 5.48. The zero-order chi connectivity index (χ0) is 29.3. The summed E-state index contributed by atoms with van der Waals surface area (Å²) in [4.78, 5) is 43.3. The molecular weight excluding hydrogens is 548 g/mol. The van der Waals surface area contributed by atoms with Crippen molar-refractivity contribution in [2.24, 2.45) is 0 Å². The Bertz CT molecular complexity index is 1670. The summed E-state index contributed by atoms with van der Waals surface area (Å²) >= 11 is 5.91. The third kappa shape index (κ3) is 4.36. The Balaban J connectivity index is 1.69. The van der Waals surface area contributed by atoms with Crippen molar-refractivity contribution in [3.63, 3.8) is 0 Å². The second kappa shape index (κ2) is 9.60. The van der Waals surface area contributed by atoms with E-state index >= 15 is 4.39 Å². The molecule has 0 spiro atoms. The van der Waals surface area contributed by atoms with Crippen LogP contribution in [0.15, 0.2) is 16.9 Å². The van der Waals surface area contributed by atoms with Crippen molar-refractivity contribution in [1.29, 1.82) is 0 Å². The lowest BCUT2D eigenvalue weighted by atomic mass is 9.86. The summed E-state index contributed by atoms with van der Waals surface area (Å²) in [6, 6.07) is 2.48. The number of carbonyl (C=O) groups is 2. The molecule has 212 valence electrons. The molecule has 40 heavy (non-hydrogen) atoms. The van der Waals surface area contributed by atoms with Gasteiger partial charge in [0.05, 0.1) is 34.6 Å². The van der Waals surface area contributed by atoms with Gasteiger partial charge in [0.2, 0.25) is 5.91 Å². The molecule has 3 aromatic rings. The van der Waals surface area contributed by atoms with Crippen molar-refractivity contribution >= 4 is 34.4 Å². The fourth-order valence-electron chi connectivity index (χ4n) is 5.33. The van der Waals surface area contributed by atoms with Crippen LogP contribution >= 0.6 is 11.6 Å². The van der Waals surface area contributed by atoms with Gasteiger partial charge in [-0.2, -0.15) is 0 Å². The maximum absolute atomic E-state index is 15.4. The number of cyclic esters (lactones) is 1. The normalized spacial score (nSPS) is 18.7. The first-order valence-electron chi connectivity index (χ1n) is 12.8. The summed E-state index contributed by atoms with van der Waals surface area (Å²) < 4.78 is 42.1. The Hall–Kier alpha value is -3.41. The van der Waals surface area contributed by atoms with Crippen molar-refractivity contribution in [3.8, 4) is 11.4 Å². The predicted octanol–water partition coefficient (Wildman–Crippen LogP) is 3.83. The van der Waals surface area contributed by atoms with Gasteiger partial charge >= 0.3 is 5.97 Å². The molecule has 5 rings (SSSR count). The third-order valence-electron chi connectivity index (χ3n) is 7.27. The maximum atomic E-state index is 15.4. The summed E-state index contributed by atoms with van der Waals surface area (Å²) in [5.41, 5.74) is -1.84. The Kier molecular flexibility index (Phi) is 6.75. The number of ether oxygens (including phenoxy) is 2. The largest absolute Gasteiger partial charge is 0.458 e. The van der Waals surface area contributed by atoms with E-state index in [-0.39, 0.29) is 65.1 Å². The van der Waals surface area contributed by atoms with Gasteiger partial charge in [0, 0.05) is 29.1 Å². The number of hydrogen-bond acceptors (Lipinski definition) is 7. The summed E-state index contributed by atoms with van der Waals surface area (Å²) in [5.74, 6) is -3.40. The first-order chi connectivity index (χ1) is 18.7. The topological polar surface area (TPSA) is 120 Å². The number of esters is 1. The molecule has 1 amide bonds. The van der Waals surface area contributed by atoms with Crippen LogP contribution in [0.25, 0.3) is 22.3 Å². The average Bonchev–Trinajstić information content (AvgIpc) is 3.25. The van der Waals surface area contributed by atoms with Crippen LogP contribution in [0.4, 0.5) is 8.78 Å². The molecule has 0 radical (unpaired) electrons. The quantitative estimate of drug-likeness (QED) is 0.274. The van der Waals surface area contributed by atoms with Crippen molar-refractivity contribution in [1.82, 2.24) is 14.9 Å². The van der Waals surface area contributed by atoms with Crippen molar-refractivity contribution in [2.45, 2.75) is 78.0 Å². The number of rotatable bonds is 5. The Labute approximate surface area is 233 Å². The third-order valence-corrected chi connectivity index (χ3v) is 7.61. The minimum absolute atomic E-state index is 0.0409. The first-order valence-corrected chi connectivity index (χ1v) is 13.2. The zero-order valence-corrected chi connectivity index (χ0v) is 23.3. The van der Waals surface area contributed by atoms with Crippen LogP contribution < -0.4 is 10.9 Å². The number of benzene rings is 1. The highest BCUT2D eigenvalue weighted by atomic mass is 35.5. The summed E-state index contributed by atoms with van der Waals surface area (Å²) in [6.07, 6.45) is -0.872. The molecule has 0 saturated carbocycles. The van der Waals surface area contributed by atoms with E-state index in [1.165, 1.54) is 10.6 Å². The average molecular weight is 576 g/mol. The number of fused-ring (bicyclic) bond motifs is 5. The highest BCUT2D eigenvalue weighted by molar-refractivity contribution is 6.31. The van der Waals surface area contributed by atoms with Crippen LogP contribution in [0.5, 0.6) is 0 Å². The molecule has 2 aromatic heterocycles. The van der Waals surface area contributed by atoms with E-state index in [4.69, 9.17) is 21.1 Å². The van der Waals surface area contributed by atoms with E-state index in [0.29, 0.717) is 5.56 Å². The lowest BCUT2D eigenvalue weighted by molar-refractivity contribution is -0.172. The molecule has 0 fully saturated rings. The van der Waals surface area contributed by atoms with E-state index in [1.807, 2.05) is 0 Å². The molecule has 2 N–H and O–H groups in total. The van der Waals surface area contributed by atoms with Gasteiger partial charge in [-0.15, -0.1) is 0 Å². The first kappa shape index (κ1) is 28.1. The van der Waals surface area contributed by atoms with Crippen molar-refractivity contribution < 1.29 is 33.0 Å². The van der Waals surface area contributed by atoms with E-state index in [2.05, 4.69) is 10.3 Å². The summed E-state index contributed by atoms with van der Waals surface area (Å²) in [5, 5.41) is 13.0. The van der Waals surface area contributed by atoms with Crippen LogP contribution in [0.2, 0.25) is 5.02 Å².